The normalized spacial score (nSPS) is 15.2. The molecule has 1 saturated carbocycles. The summed E-state index contributed by atoms with van der Waals surface area (Å²) >= 11 is 0.672. The minimum atomic E-state index is -4.04. The lowest BCUT2D eigenvalue weighted by Gasteiger charge is -2.13. The van der Waals surface area contributed by atoms with Crippen LogP contribution in [0.4, 0.5) is 8.78 Å². The zero-order chi connectivity index (χ0) is 22.5. The van der Waals surface area contributed by atoms with Crippen LogP contribution in [0.2, 0.25) is 0 Å². The van der Waals surface area contributed by atoms with Crippen LogP contribution in [-0.4, -0.2) is 33.9 Å². The number of nitrogens with zero attached hydrogens (tertiary/aromatic N) is 5. The third-order valence-electron chi connectivity index (χ3n) is 5.15. The molecule has 0 amide bonds. The van der Waals surface area contributed by atoms with Gasteiger partial charge in [-0.15, -0.1) is 10.2 Å². The maximum Gasteiger partial charge on any atom is 0.291 e. The predicted molar refractivity (Wildman–Crippen MR) is 113 cm³/mol. The molecule has 0 spiro atoms. The summed E-state index contributed by atoms with van der Waals surface area (Å²) in [5.74, 6) is 0. The molecule has 1 fully saturated rings. The third kappa shape index (κ3) is 3.54. The summed E-state index contributed by atoms with van der Waals surface area (Å²) in [7, 11) is -4.04. The highest BCUT2D eigenvalue weighted by molar-refractivity contribution is 7.89. The van der Waals surface area contributed by atoms with E-state index in [0.717, 1.165) is 5.56 Å². The highest BCUT2D eigenvalue weighted by Crippen LogP contribution is 2.38. The number of hydrogen-bond donors (Lipinski definition) is 1. The lowest BCUT2D eigenvalue weighted by molar-refractivity contribution is 0.150. The van der Waals surface area contributed by atoms with Gasteiger partial charge in [0.25, 0.3) is 6.43 Å². The van der Waals surface area contributed by atoms with Gasteiger partial charge in [-0.1, -0.05) is 41.7 Å². The van der Waals surface area contributed by atoms with Gasteiger partial charge in [-0.3, -0.25) is 0 Å². The molecule has 5 rings (SSSR count). The molecule has 4 aromatic rings. The number of benzene rings is 2. The second-order valence-electron chi connectivity index (χ2n) is 7.35. The number of aromatic nitrogens is 4. The van der Waals surface area contributed by atoms with Crippen molar-refractivity contribution in [1.82, 2.24) is 24.7 Å². The van der Waals surface area contributed by atoms with Crippen LogP contribution in [-0.2, 0) is 10.0 Å². The monoisotopic (exact) mass is 472 g/mol. The van der Waals surface area contributed by atoms with Gasteiger partial charge in [0, 0.05) is 5.39 Å². The molecule has 12 heteroatoms. The molecule has 1 N–H and O–H groups in total. The zero-order valence-electron chi connectivity index (χ0n) is 16.2. The highest BCUT2D eigenvalue weighted by Gasteiger charge is 2.47. The van der Waals surface area contributed by atoms with Crippen molar-refractivity contribution in [1.29, 1.82) is 5.26 Å². The van der Waals surface area contributed by atoms with Crippen LogP contribution in [0, 0.1) is 11.3 Å². The van der Waals surface area contributed by atoms with Crippen LogP contribution < -0.4 is 4.72 Å². The smallest absolute Gasteiger partial charge is 0.207 e. The van der Waals surface area contributed by atoms with E-state index in [1.54, 1.807) is 0 Å². The number of halogens is 2. The van der Waals surface area contributed by atoms with Crippen LogP contribution in [0.5, 0.6) is 0 Å². The number of sulfonamides is 1. The molecule has 0 aliphatic heterocycles. The van der Waals surface area contributed by atoms with E-state index in [0.29, 0.717) is 40.6 Å². The van der Waals surface area contributed by atoms with Crippen LogP contribution in [0.25, 0.3) is 27.2 Å². The largest absolute Gasteiger partial charge is 0.291 e. The van der Waals surface area contributed by atoms with Crippen molar-refractivity contribution in [2.75, 3.05) is 0 Å². The second kappa shape index (κ2) is 7.40. The quantitative estimate of drug-likeness (QED) is 0.456. The minimum absolute atomic E-state index is 0.0641. The van der Waals surface area contributed by atoms with Gasteiger partial charge in [0.15, 0.2) is 5.01 Å². The molecule has 2 heterocycles. The Morgan fingerprint density at radius 3 is 2.56 bits per heavy atom. The van der Waals surface area contributed by atoms with E-state index in [-0.39, 0.29) is 10.0 Å². The van der Waals surface area contributed by atoms with Gasteiger partial charge in [-0.2, -0.15) is 15.1 Å². The fraction of sp³-hybridized carbons (Fsp3) is 0.200. The molecular formula is C20H14F2N6O2S2. The lowest BCUT2D eigenvalue weighted by Crippen LogP contribution is -2.35. The first-order chi connectivity index (χ1) is 15.3. The summed E-state index contributed by atoms with van der Waals surface area (Å²) in [6.07, 6.45) is -0.364. The fourth-order valence-corrected chi connectivity index (χ4v) is 5.44. The molecule has 0 unspecified atom stereocenters. The van der Waals surface area contributed by atoms with Gasteiger partial charge in [-0.05, 0) is 36.1 Å². The van der Waals surface area contributed by atoms with Crippen molar-refractivity contribution < 1.29 is 17.2 Å². The second-order valence-corrected chi connectivity index (χ2v) is 10.0. The van der Waals surface area contributed by atoms with Crippen molar-refractivity contribution in [2.45, 2.75) is 29.7 Å². The van der Waals surface area contributed by atoms with E-state index >= 15 is 0 Å². The average molecular weight is 473 g/mol. The first kappa shape index (κ1) is 20.6. The minimum Gasteiger partial charge on any atom is -0.207 e. The van der Waals surface area contributed by atoms with E-state index in [1.165, 1.54) is 23.0 Å². The third-order valence-corrected chi connectivity index (χ3v) is 7.57. The Bertz CT molecular complexity index is 1470. The van der Waals surface area contributed by atoms with E-state index in [1.807, 2.05) is 36.4 Å². The van der Waals surface area contributed by atoms with Crippen molar-refractivity contribution in [3.63, 3.8) is 0 Å². The fourth-order valence-electron chi connectivity index (χ4n) is 3.34. The zero-order valence-corrected chi connectivity index (χ0v) is 17.9. The van der Waals surface area contributed by atoms with Gasteiger partial charge in [-0.25, -0.2) is 21.9 Å². The first-order valence-corrected chi connectivity index (χ1v) is 11.8. The SMILES string of the molecule is N#CC1(NS(=O)(=O)c2cc(-c3ccccc3)c3cnn(-c4nnc(C(F)F)s4)c3c2)CC1. The Kier molecular flexibility index (Phi) is 4.77. The van der Waals surface area contributed by atoms with Crippen molar-refractivity contribution >= 4 is 32.3 Å². The highest BCUT2D eigenvalue weighted by atomic mass is 32.2. The Balaban J connectivity index is 1.72. The molecule has 2 aromatic heterocycles. The maximum absolute atomic E-state index is 13.1. The number of nitrogens with one attached hydrogen (secondary N) is 1. The molecule has 0 atom stereocenters. The number of fused-ring (bicyclic) bond motifs is 1. The first-order valence-electron chi connectivity index (χ1n) is 9.46. The van der Waals surface area contributed by atoms with Crippen LogP contribution in [0.15, 0.2) is 53.6 Å². The number of hydrogen-bond acceptors (Lipinski definition) is 7. The summed E-state index contributed by atoms with van der Waals surface area (Å²) in [5.41, 5.74) is 0.619. The summed E-state index contributed by atoms with van der Waals surface area (Å²) in [6.45, 7) is 0. The van der Waals surface area contributed by atoms with E-state index < -0.39 is 27.0 Å². The van der Waals surface area contributed by atoms with Crippen molar-refractivity contribution in [3.8, 4) is 22.3 Å². The van der Waals surface area contributed by atoms with E-state index in [9.17, 15) is 22.5 Å². The predicted octanol–water partition coefficient (Wildman–Crippen LogP) is 3.82. The van der Waals surface area contributed by atoms with Crippen LogP contribution >= 0.6 is 11.3 Å². The molecule has 32 heavy (non-hydrogen) atoms. The van der Waals surface area contributed by atoms with Crippen molar-refractivity contribution in [3.05, 3.63) is 53.7 Å². The summed E-state index contributed by atoms with van der Waals surface area (Å²) in [6, 6.07) is 14.1. The Labute approximate surface area is 185 Å². The molecule has 0 bridgehead atoms. The van der Waals surface area contributed by atoms with Crippen LogP contribution in [0.3, 0.4) is 0 Å². The summed E-state index contributed by atoms with van der Waals surface area (Å²) in [4.78, 5) is -0.0641. The van der Waals surface area contributed by atoms with Gasteiger partial charge < -0.3 is 0 Å². The van der Waals surface area contributed by atoms with Gasteiger partial charge >= 0.3 is 0 Å². The average Bonchev–Trinajstić information content (AvgIpc) is 3.18. The van der Waals surface area contributed by atoms with Gasteiger partial charge in [0.2, 0.25) is 15.2 Å². The molecule has 0 radical (unpaired) electrons. The van der Waals surface area contributed by atoms with E-state index in [4.69, 9.17) is 0 Å². The van der Waals surface area contributed by atoms with E-state index in [2.05, 4.69) is 20.0 Å². The van der Waals surface area contributed by atoms with Gasteiger partial charge in [0.05, 0.1) is 22.7 Å². The molecule has 1 aliphatic rings. The van der Waals surface area contributed by atoms with Gasteiger partial charge in [0.1, 0.15) is 5.54 Å². The number of rotatable bonds is 6. The standard InChI is InChI=1S/C20H14F2N6O2S2/c21-17(22)18-25-26-19(31-18)28-16-9-13(32(29,30)27-20(11-23)6-7-20)8-14(15(16)10-24-28)12-4-2-1-3-5-12/h1-5,8-10,17,27H,6-7H2. The lowest BCUT2D eigenvalue weighted by atomic mass is 10.0. The molecule has 2 aromatic carbocycles. The van der Waals surface area contributed by atoms with Crippen molar-refractivity contribution in [2.24, 2.45) is 0 Å². The molecular weight excluding hydrogens is 458 g/mol. The maximum atomic E-state index is 13.1. The molecule has 8 nitrogen and oxygen atoms in total. The number of alkyl halides is 2. The summed E-state index contributed by atoms with van der Waals surface area (Å²) < 4.78 is 56.0. The topological polar surface area (TPSA) is 114 Å². The molecule has 162 valence electrons. The number of nitriles is 1. The summed E-state index contributed by atoms with van der Waals surface area (Å²) in [5, 5.41) is 21.1. The Morgan fingerprint density at radius 1 is 1.19 bits per heavy atom. The molecule has 0 saturated heterocycles. The Hall–Kier alpha value is -3.27. The Morgan fingerprint density at radius 2 is 1.94 bits per heavy atom. The van der Waals surface area contributed by atoms with Crippen LogP contribution in [0.1, 0.15) is 24.3 Å². The molecule has 1 aliphatic carbocycles.